The van der Waals surface area contributed by atoms with E-state index in [0.29, 0.717) is 19.3 Å². The third kappa shape index (κ3) is 49.0. The van der Waals surface area contributed by atoms with E-state index in [1.54, 1.807) is 0 Å². The van der Waals surface area contributed by atoms with Gasteiger partial charge in [0.25, 0.3) is 0 Å². The summed E-state index contributed by atoms with van der Waals surface area (Å²) in [4.78, 5) is 38.0. The first-order valence-electron chi connectivity index (χ1n) is 25.4. The van der Waals surface area contributed by atoms with Gasteiger partial charge in [0.2, 0.25) is 0 Å². The summed E-state index contributed by atoms with van der Waals surface area (Å²) in [6.45, 7) is 6.31. The number of rotatable bonds is 44. The molecule has 0 rings (SSSR count). The summed E-state index contributed by atoms with van der Waals surface area (Å²) >= 11 is 0. The van der Waals surface area contributed by atoms with Crippen molar-refractivity contribution in [1.82, 2.24) is 0 Å². The molecule has 1 unspecified atom stereocenters. The van der Waals surface area contributed by atoms with Gasteiger partial charge in [-0.3, -0.25) is 14.4 Å². The summed E-state index contributed by atoms with van der Waals surface area (Å²) in [7, 11) is 0. The zero-order chi connectivity index (χ0) is 45.8. The van der Waals surface area contributed by atoms with Crippen molar-refractivity contribution >= 4 is 17.9 Å². The van der Waals surface area contributed by atoms with E-state index in [-0.39, 0.29) is 31.1 Å². The fraction of sp³-hybridized carbons (Fsp3) is 0.632. The van der Waals surface area contributed by atoms with Gasteiger partial charge in [-0.05, 0) is 116 Å². The lowest BCUT2D eigenvalue weighted by Crippen LogP contribution is -2.30. The van der Waals surface area contributed by atoms with Crippen molar-refractivity contribution < 1.29 is 28.6 Å². The van der Waals surface area contributed by atoms with Crippen LogP contribution in [-0.4, -0.2) is 37.2 Å². The van der Waals surface area contributed by atoms with Gasteiger partial charge in [0.15, 0.2) is 6.10 Å². The van der Waals surface area contributed by atoms with Gasteiger partial charge in [0.1, 0.15) is 13.2 Å². The Morgan fingerprint density at radius 2 is 0.667 bits per heavy atom. The molecule has 0 aliphatic rings. The van der Waals surface area contributed by atoms with Crippen molar-refractivity contribution in [3.8, 4) is 0 Å². The highest BCUT2D eigenvalue weighted by atomic mass is 16.6. The monoisotopic (exact) mass is 873 g/mol. The molecule has 63 heavy (non-hydrogen) atoms. The van der Waals surface area contributed by atoms with Crippen LogP contribution in [0.5, 0.6) is 0 Å². The number of allylic oxidation sites excluding steroid dienone is 18. The lowest BCUT2D eigenvalue weighted by atomic mass is 10.1. The van der Waals surface area contributed by atoms with Crippen LogP contribution in [0.25, 0.3) is 0 Å². The maximum Gasteiger partial charge on any atom is 0.306 e. The van der Waals surface area contributed by atoms with Crippen LogP contribution in [0.4, 0.5) is 0 Å². The Bertz CT molecular complexity index is 1330. The second-order valence-corrected chi connectivity index (χ2v) is 16.3. The van der Waals surface area contributed by atoms with Gasteiger partial charge in [-0.15, -0.1) is 0 Å². The largest absolute Gasteiger partial charge is 0.462 e. The van der Waals surface area contributed by atoms with Crippen LogP contribution in [0.2, 0.25) is 0 Å². The average molecular weight is 873 g/mol. The van der Waals surface area contributed by atoms with Crippen LogP contribution in [-0.2, 0) is 28.6 Å². The number of unbranched alkanes of at least 4 members (excludes halogenated alkanes) is 16. The Morgan fingerprint density at radius 1 is 0.349 bits per heavy atom. The minimum atomic E-state index is -0.808. The summed E-state index contributed by atoms with van der Waals surface area (Å²) < 4.78 is 16.7. The van der Waals surface area contributed by atoms with Crippen molar-refractivity contribution in [2.24, 2.45) is 0 Å². The maximum atomic E-state index is 12.8. The standard InChI is InChI=1S/C57H92O6/c1-4-7-10-13-16-19-22-25-28-30-32-35-38-41-44-47-50-56(59)62-53-54(52-61-55(58)49-46-43-40-37-34-31-27-24-21-18-15-12-9-6-3)63-57(60)51-48-45-42-39-36-33-29-26-23-20-17-14-11-8-5-2/h7,9-10,12,16-21,23,25-28,31-32,35,54H,4-6,8,11,13-15,22,24,29-30,33-34,36-53H2,1-3H3/b10-7-,12-9-,19-16-,20-17-,21-18-,26-23-,28-25-,31-27-,35-32-. The minimum absolute atomic E-state index is 0.107. The Hall–Kier alpha value is -3.93. The fourth-order valence-electron chi connectivity index (χ4n) is 6.50. The molecule has 0 aromatic heterocycles. The fourth-order valence-corrected chi connectivity index (χ4v) is 6.50. The molecule has 6 heteroatoms. The quantitative estimate of drug-likeness (QED) is 0.0199. The van der Waals surface area contributed by atoms with Crippen LogP contribution in [0.15, 0.2) is 109 Å². The number of ether oxygens (including phenoxy) is 3. The average Bonchev–Trinajstić information content (AvgIpc) is 3.28. The van der Waals surface area contributed by atoms with Crippen LogP contribution >= 0.6 is 0 Å². The molecule has 0 saturated carbocycles. The van der Waals surface area contributed by atoms with E-state index in [0.717, 1.165) is 141 Å². The van der Waals surface area contributed by atoms with Crippen molar-refractivity contribution in [3.63, 3.8) is 0 Å². The molecule has 0 fully saturated rings. The predicted molar refractivity (Wildman–Crippen MR) is 270 cm³/mol. The van der Waals surface area contributed by atoms with E-state index in [2.05, 4.69) is 130 Å². The first-order chi connectivity index (χ1) is 31.0. The first-order valence-corrected chi connectivity index (χ1v) is 25.4. The summed E-state index contributed by atoms with van der Waals surface area (Å²) in [6.07, 6.45) is 67.8. The summed E-state index contributed by atoms with van der Waals surface area (Å²) in [6, 6.07) is 0. The topological polar surface area (TPSA) is 78.9 Å². The minimum Gasteiger partial charge on any atom is -0.462 e. The molecule has 0 heterocycles. The Morgan fingerprint density at radius 3 is 1.08 bits per heavy atom. The predicted octanol–water partition coefficient (Wildman–Crippen LogP) is 16.8. The van der Waals surface area contributed by atoms with Gasteiger partial charge in [0, 0.05) is 19.3 Å². The molecule has 1 atom stereocenters. The molecule has 0 aliphatic carbocycles. The van der Waals surface area contributed by atoms with Gasteiger partial charge in [0.05, 0.1) is 0 Å². The second kappa shape index (κ2) is 50.7. The zero-order valence-electron chi connectivity index (χ0n) is 40.5. The molecule has 0 N–H and O–H groups in total. The van der Waals surface area contributed by atoms with Crippen molar-refractivity contribution in [2.75, 3.05) is 13.2 Å². The van der Waals surface area contributed by atoms with Crippen LogP contribution in [0.1, 0.15) is 213 Å². The van der Waals surface area contributed by atoms with Gasteiger partial charge < -0.3 is 14.2 Å². The van der Waals surface area contributed by atoms with E-state index < -0.39 is 6.10 Å². The molecular weight excluding hydrogens is 781 g/mol. The molecule has 356 valence electrons. The lowest BCUT2D eigenvalue weighted by Gasteiger charge is -2.18. The maximum absolute atomic E-state index is 12.8. The highest BCUT2D eigenvalue weighted by Crippen LogP contribution is 2.13. The molecule has 0 amide bonds. The molecular formula is C57H92O6. The van der Waals surface area contributed by atoms with E-state index in [1.165, 1.54) is 32.1 Å². The summed E-state index contributed by atoms with van der Waals surface area (Å²) in [5, 5.41) is 0. The number of carbonyl (C=O) groups is 3. The Kier molecular flexibility index (Phi) is 47.5. The van der Waals surface area contributed by atoms with E-state index in [4.69, 9.17) is 14.2 Å². The van der Waals surface area contributed by atoms with E-state index in [1.807, 2.05) is 0 Å². The molecule has 0 spiro atoms. The van der Waals surface area contributed by atoms with Gasteiger partial charge in [-0.1, -0.05) is 188 Å². The molecule has 0 aromatic carbocycles. The third-order valence-corrected chi connectivity index (χ3v) is 10.3. The summed E-state index contributed by atoms with van der Waals surface area (Å²) in [5.41, 5.74) is 0. The zero-order valence-corrected chi connectivity index (χ0v) is 40.5. The van der Waals surface area contributed by atoms with Crippen LogP contribution in [0.3, 0.4) is 0 Å². The number of hydrogen-bond donors (Lipinski definition) is 0. The highest BCUT2D eigenvalue weighted by molar-refractivity contribution is 5.71. The third-order valence-electron chi connectivity index (χ3n) is 10.3. The molecule has 0 saturated heterocycles. The normalized spacial score (nSPS) is 13.0. The molecule has 0 aromatic rings. The van der Waals surface area contributed by atoms with Crippen LogP contribution in [0, 0.1) is 0 Å². The second-order valence-electron chi connectivity index (χ2n) is 16.3. The van der Waals surface area contributed by atoms with Crippen molar-refractivity contribution in [2.45, 2.75) is 219 Å². The molecule has 0 aliphatic heterocycles. The van der Waals surface area contributed by atoms with Crippen LogP contribution < -0.4 is 0 Å². The van der Waals surface area contributed by atoms with Gasteiger partial charge >= 0.3 is 17.9 Å². The number of carbonyl (C=O) groups excluding carboxylic acids is 3. The van der Waals surface area contributed by atoms with Crippen molar-refractivity contribution in [1.29, 1.82) is 0 Å². The van der Waals surface area contributed by atoms with Crippen molar-refractivity contribution in [3.05, 3.63) is 109 Å². The molecule has 6 nitrogen and oxygen atoms in total. The first kappa shape index (κ1) is 59.1. The summed E-state index contributed by atoms with van der Waals surface area (Å²) in [5.74, 6) is -0.977. The SMILES string of the molecule is CC/C=C\C/C=C\C/C=C\C/C=C\CCCCCC(=O)OCC(COC(=O)CCCCCC/C=C\C/C=C\C/C=C\CC)OC(=O)CCCCCCCC/C=C\C=C/CCCCC. The number of esters is 3. The lowest BCUT2D eigenvalue weighted by molar-refractivity contribution is -0.167. The molecule has 0 radical (unpaired) electrons. The molecule has 0 bridgehead atoms. The Labute approximate surface area is 387 Å². The highest BCUT2D eigenvalue weighted by Gasteiger charge is 2.19. The van der Waals surface area contributed by atoms with Gasteiger partial charge in [-0.2, -0.15) is 0 Å². The number of hydrogen-bond acceptors (Lipinski definition) is 6. The van der Waals surface area contributed by atoms with E-state index >= 15 is 0 Å². The Balaban J connectivity index is 4.52. The van der Waals surface area contributed by atoms with E-state index in [9.17, 15) is 14.4 Å². The smallest absolute Gasteiger partial charge is 0.306 e. The van der Waals surface area contributed by atoms with Gasteiger partial charge in [-0.25, -0.2) is 0 Å².